The molecule has 0 saturated heterocycles. The summed E-state index contributed by atoms with van der Waals surface area (Å²) in [7, 11) is 0. The van der Waals surface area contributed by atoms with Crippen LogP contribution in [-0.4, -0.2) is 24.3 Å². The van der Waals surface area contributed by atoms with Crippen LogP contribution >= 0.6 is 0 Å². The summed E-state index contributed by atoms with van der Waals surface area (Å²) < 4.78 is 16.5. The number of carbonyl (C=O) groups is 1. The van der Waals surface area contributed by atoms with Crippen LogP contribution in [0.4, 0.5) is 5.69 Å². The summed E-state index contributed by atoms with van der Waals surface area (Å²) in [6, 6.07) is 15.0. The fourth-order valence-electron chi connectivity index (χ4n) is 2.80. The highest BCUT2D eigenvalue weighted by atomic mass is 16.6. The highest BCUT2D eigenvalue weighted by Crippen LogP contribution is 2.34. The molecule has 1 aromatic heterocycles. The van der Waals surface area contributed by atoms with Gasteiger partial charge in [-0.1, -0.05) is 23.4 Å². The number of nitrogens with one attached hydrogen (secondary N) is 1. The topological polar surface area (TPSA) is 73.6 Å². The lowest BCUT2D eigenvalue weighted by Crippen LogP contribution is -2.15. The zero-order chi connectivity index (χ0) is 17.9. The summed E-state index contributed by atoms with van der Waals surface area (Å²) in [5.41, 5.74) is 3.21. The molecule has 0 bridgehead atoms. The van der Waals surface area contributed by atoms with Gasteiger partial charge >= 0.3 is 0 Å². The van der Waals surface area contributed by atoms with Gasteiger partial charge in [-0.3, -0.25) is 4.79 Å². The summed E-state index contributed by atoms with van der Waals surface area (Å²) in [6.45, 7) is 3.03. The van der Waals surface area contributed by atoms with Crippen molar-refractivity contribution >= 4 is 11.6 Å². The SMILES string of the molecule is Cc1ccccc1NC(=O)Cc1cc(-c2ccc3c(c2)OCCO3)on1. The molecule has 26 heavy (non-hydrogen) atoms. The lowest BCUT2D eigenvalue weighted by Gasteiger charge is -2.18. The number of aryl methyl sites for hydroxylation is 1. The molecule has 1 N–H and O–H groups in total. The Bertz CT molecular complexity index is 948. The van der Waals surface area contributed by atoms with Crippen LogP contribution < -0.4 is 14.8 Å². The van der Waals surface area contributed by atoms with Crippen molar-refractivity contribution in [2.24, 2.45) is 0 Å². The molecule has 0 atom stereocenters. The van der Waals surface area contributed by atoms with Gasteiger partial charge in [0.1, 0.15) is 13.2 Å². The summed E-state index contributed by atoms with van der Waals surface area (Å²) >= 11 is 0. The first kappa shape index (κ1) is 16.2. The second-order valence-electron chi connectivity index (χ2n) is 6.08. The van der Waals surface area contributed by atoms with E-state index in [1.165, 1.54) is 0 Å². The zero-order valence-electron chi connectivity index (χ0n) is 14.3. The molecular formula is C20H18N2O4. The van der Waals surface area contributed by atoms with E-state index in [2.05, 4.69) is 10.5 Å². The van der Waals surface area contributed by atoms with Gasteiger partial charge in [0.25, 0.3) is 0 Å². The first-order chi connectivity index (χ1) is 12.7. The predicted octanol–water partition coefficient (Wildman–Crippen LogP) is 3.60. The Labute approximate surface area is 150 Å². The molecule has 0 aliphatic carbocycles. The predicted molar refractivity (Wildman–Crippen MR) is 96.4 cm³/mol. The Hall–Kier alpha value is -3.28. The van der Waals surface area contributed by atoms with Gasteiger partial charge in [-0.2, -0.15) is 0 Å². The van der Waals surface area contributed by atoms with E-state index in [0.717, 1.165) is 22.6 Å². The molecule has 1 amide bonds. The number of benzene rings is 2. The molecule has 6 nitrogen and oxygen atoms in total. The minimum atomic E-state index is -0.138. The van der Waals surface area contributed by atoms with E-state index >= 15 is 0 Å². The number of aromatic nitrogens is 1. The highest BCUT2D eigenvalue weighted by Gasteiger charge is 2.16. The van der Waals surface area contributed by atoms with Crippen molar-refractivity contribution in [2.75, 3.05) is 18.5 Å². The maximum Gasteiger partial charge on any atom is 0.230 e. The summed E-state index contributed by atoms with van der Waals surface area (Å²) in [6.07, 6.45) is 0.141. The van der Waals surface area contributed by atoms with Crippen LogP contribution in [0.3, 0.4) is 0 Å². The number of hydrogen-bond donors (Lipinski definition) is 1. The largest absolute Gasteiger partial charge is 0.486 e. The van der Waals surface area contributed by atoms with Gasteiger partial charge < -0.3 is 19.3 Å². The van der Waals surface area contributed by atoms with Crippen LogP contribution in [0.5, 0.6) is 11.5 Å². The van der Waals surface area contributed by atoms with Crippen molar-refractivity contribution in [3.05, 3.63) is 59.8 Å². The molecular weight excluding hydrogens is 332 g/mol. The van der Waals surface area contributed by atoms with Crippen molar-refractivity contribution < 1.29 is 18.8 Å². The monoisotopic (exact) mass is 350 g/mol. The Balaban J connectivity index is 1.46. The van der Waals surface area contributed by atoms with E-state index in [4.69, 9.17) is 14.0 Å². The maximum absolute atomic E-state index is 12.2. The number of rotatable bonds is 4. The van der Waals surface area contributed by atoms with Crippen LogP contribution in [0.2, 0.25) is 0 Å². The number of anilines is 1. The fourth-order valence-corrected chi connectivity index (χ4v) is 2.80. The lowest BCUT2D eigenvalue weighted by molar-refractivity contribution is -0.115. The molecule has 0 radical (unpaired) electrons. The molecule has 1 aliphatic heterocycles. The first-order valence-electron chi connectivity index (χ1n) is 8.40. The Morgan fingerprint density at radius 1 is 1.08 bits per heavy atom. The fraction of sp³-hybridized carbons (Fsp3) is 0.200. The van der Waals surface area contributed by atoms with Crippen molar-refractivity contribution in [1.82, 2.24) is 5.16 Å². The standard InChI is InChI=1S/C20H18N2O4/c1-13-4-2-3-5-16(13)21-20(23)12-15-11-18(26-22-15)14-6-7-17-19(10-14)25-9-8-24-17/h2-7,10-11H,8-9,12H2,1H3,(H,21,23). The molecule has 6 heteroatoms. The summed E-state index contributed by atoms with van der Waals surface area (Å²) in [5, 5.41) is 6.89. The van der Waals surface area contributed by atoms with Crippen molar-refractivity contribution in [3.63, 3.8) is 0 Å². The molecule has 0 spiro atoms. The van der Waals surface area contributed by atoms with Gasteiger partial charge in [-0.15, -0.1) is 0 Å². The van der Waals surface area contributed by atoms with Crippen molar-refractivity contribution in [1.29, 1.82) is 0 Å². The lowest BCUT2D eigenvalue weighted by atomic mass is 10.1. The van der Waals surface area contributed by atoms with Gasteiger partial charge in [0.2, 0.25) is 5.91 Å². The smallest absolute Gasteiger partial charge is 0.230 e. The van der Waals surface area contributed by atoms with Crippen LogP contribution in [0.1, 0.15) is 11.3 Å². The molecule has 132 valence electrons. The molecule has 3 aromatic rings. The number of fused-ring (bicyclic) bond motifs is 1. The van der Waals surface area contributed by atoms with Crippen molar-refractivity contribution in [2.45, 2.75) is 13.3 Å². The highest BCUT2D eigenvalue weighted by molar-refractivity contribution is 5.92. The van der Waals surface area contributed by atoms with Crippen LogP contribution in [-0.2, 0) is 11.2 Å². The summed E-state index contributed by atoms with van der Waals surface area (Å²) in [5.74, 6) is 1.85. The van der Waals surface area contributed by atoms with Crippen LogP contribution in [0.15, 0.2) is 53.1 Å². The second kappa shape index (κ2) is 6.92. The summed E-state index contributed by atoms with van der Waals surface area (Å²) in [4.78, 5) is 12.2. The van der Waals surface area contributed by atoms with Gasteiger partial charge in [-0.25, -0.2) is 0 Å². The van der Waals surface area contributed by atoms with Crippen molar-refractivity contribution in [3.8, 4) is 22.8 Å². The Kier molecular flexibility index (Phi) is 4.31. The number of amides is 1. The number of ether oxygens (including phenoxy) is 2. The van der Waals surface area contributed by atoms with E-state index in [1.807, 2.05) is 49.4 Å². The quantitative estimate of drug-likeness (QED) is 0.778. The minimum absolute atomic E-state index is 0.138. The number of hydrogen-bond acceptors (Lipinski definition) is 5. The molecule has 0 unspecified atom stereocenters. The van der Waals surface area contributed by atoms with E-state index in [1.54, 1.807) is 6.07 Å². The molecule has 4 rings (SSSR count). The van der Waals surface area contributed by atoms with Crippen LogP contribution in [0.25, 0.3) is 11.3 Å². The molecule has 2 aromatic carbocycles. The average Bonchev–Trinajstić information content (AvgIpc) is 3.11. The second-order valence-corrected chi connectivity index (χ2v) is 6.08. The van der Waals surface area contributed by atoms with E-state index in [-0.39, 0.29) is 12.3 Å². The van der Waals surface area contributed by atoms with Gasteiger partial charge in [-0.05, 0) is 36.8 Å². The normalized spacial score (nSPS) is 12.7. The van der Waals surface area contributed by atoms with E-state index < -0.39 is 0 Å². The average molecular weight is 350 g/mol. The molecule has 2 heterocycles. The third-order valence-electron chi connectivity index (χ3n) is 4.15. The first-order valence-corrected chi connectivity index (χ1v) is 8.40. The number of para-hydroxylation sites is 1. The minimum Gasteiger partial charge on any atom is -0.486 e. The Morgan fingerprint density at radius 3 is 2.73 bits per heavy atom. The maximum atomic E-state index is 12.2. The molecule has 0 saturated carbocycles. The molecule has 0 fully saturated rings. The molecule has 1 aliphatic rings. The van der Waals surface area contributed by atoms with E-state index in [0.29, 0.717) is 30.4 Å². The third-order valence-corrected chi connectivity index (χ3v) is 4.15. The van der Waals surface area contributed by atoms with Crippen LogP contribution in [0, 0.1) is 6.92 Å². The van der Waals surface area contributed by atoms with Gasteiger partial charge in [0.05, 0.1) is 12.1 Å². The number of carbonyl (C=O) groups excluding carboxylic acids is 1. The van der Waals surface area contributed by atoms with Gasteiger partial charge in [0, 0.05) is 17.3 Å². The van der Waals surface area contributed by atoms with Gasteiger partial charge in [0.15, 0.2) is 17.3 Å². The number of nitrogens with zero attached hydrogens (tertiary/aromatic N) is 1. The zero-order valence-corrected chi connectivity index (χ0v) is 14.3. The third kappa shape index (κ3) is 3.39. The Morgan fingerprint density at radius 2 is 1.88 bits per heavy atom. The van der Waals surface area contributed by atoms with E-state index in [9.17, 15) is 4.79 Å².